The molecule has 1 aromatic rings. The number of hydrogen-bond acceptors (Lipinski definition) is 3. The van der Waals surface area contributed by atoms with Gasteiger partial charge in [0, 0.05) is 32.1 Å². The maximum atomic E-state index is 12.7. The maximum Gasteiger partial charge on any atom is 0.298 e. The summed E-state index contributed by atoms with van der Waals surface area (Å²) in [6.07, 6.45) is 4.12. The summed E-state index contributed by atoms with van der Waals surface area (Å²) >= 11 is 0. The van der Waals surface area contributed by atoms with Gasteiger partial charge >= 0.3 is 0 Å². The summed E-state index contributed by atoms with van der Waals surface area (Å²) in [6, 6.07) is 7.46. The summed E-state index contributed by atoms with van der Waals surface area (Å²) in [7, 11) is 0. The molecule has 0 aromatic heterocycles. The number of rotatable bonds is 4. The molecule has 3 rings (SSSR count). The molecular weight excluding hydrogens is 328 g/mol. The molecular formula is C21H26N2O3. The lowest BCUT2D eigenvalue weighted by atomic mass is 9.99. The van der Waals surface area contributed by atoms with Crippen LogP contribution in [0.1, 0.15) is 43.0 Å². The van der Waals surface area contributed by atoms with Crippen LogP contribution < -0.4 is 4.74 Å². The van der Waals surface area contributed by atoms with Gasteiger partial charge in [-0.05, 0) is 50.7 Å². The van der Waals surface area contributed by atoms with Crippen LogP contribution in [0.3, 0.4) is 0 Å². The van der Waals surface area contributed by atoms with Crippen molar-refractivity contribution >= 4 is 11.8 Å². The molecule has 2 amide bonds. The van der Waals surface area contributed by atoms with Crippen molar-refractivity contribution in [2.75, 3.05) is 32.8 Å². The third kappa shape index (κ3) is 4.37. The molecule has 1 aromatic carbocycles. The summed E-state index contributed by atoms with van der Waals surface area (Å²) in [4.78, 5) is 28.4. The Labute approximate surface area is 155 Å². The van der Waals surface area contributed by atoms with E-state index in [9.17, 15) is 9.59 Å². The normalized spacial score (nSPS) is 19.7. The Morgan fingerprint density at radius 1 is 1.12 bits per heavy atom. The molecule has 0 N–H and O–H groups in total. The first kappa shape index (κ1) is 18.3. The SMILES string of the molecule is CC#CC(=O)N1CCCC(COc2ccccc2C(=O)N2CCCC2)C1. The van der Waals surface area contributed by atoms with Crippen molar-refractivity contribution in [3.63, 3.8) is 0 Å². The van der Waals surface area contributed by atoms with Crippen molar-refractivity contribution < 1.29 is 14.3 Å². The number of piperidine rings is 1. The van der Waals surface area contributed by atoms with Gasteiger partial charge in [-0.15, -0.1) is 0 Å². The molecule has 0 radical (unpaired) electrons. The second-order valence-electron chi connectivity index (χ2n) is 6.94. The first-order valence-electron chi connectivity index (χ1n) is 9.42. The standard InChI is InChI=1S/C21H26N2O3/c1-2-8-20(24)23-14-7-9-17(15-23)16-26-19-11-4-3-10-18(19)21(25)22-12-5-6-13-22/h3-4,10-11,17H,5-7,9,12-16H2,1H3. The van der Waals surface area contributed by atoms with Gasteiger partial charge in [-0.1, -0.05) is 18.1 Å². The third-order valence-electron chi connectivity index (χ3n) is 5.02. The van der Waals surface area contributed by atoms with Gasteiger partial charge < -0.3 is 14.5 Å². The van der Waals surface area contributed by atoms with E-state index in [4.69, 9.17) is 4.74 Å². The number of para-hydroxylation sites is 1. The van der Waals surface area contributed by atoms with E-state index in [1.807, 2.05) is 29.2 Å². The number of amides is 2. The zero-order valence-electron chi connectivity index (χ0n) is 15.4. The topological polar surface area (TPSA) is 49.9 Å². The fourth-order valence-electron chi connectivity index (χ4n) is 3.64. The fraction of sp³-hybridized carbons (Fsp3) is 0.524. The monoisotopic (exact) mass is 354 g/mol. The predicted molar refractivity (Wildman–Crippen MR) is 99.8 cm³/mol. The lowest BCUT2D eigenvalue weighted by molar-refractivity contribution is -0.127. The minimum Gasteiger partial charge on any atom is -0.492 e. The van der Waals surface area contributed by atoms with Crippen molar-refractivity contribution in [1.82, 2.24) is 9.80 Å². The highest BCUT2D eigenvalue weighted by molar-refractivity contribution is 5.97. The summed E-state index contributed by atoms with van der Waals surface area (Å²) < 4.78 is 6.02. The van der Waals surface area contributed by atoms with E-state index >= 15 is 0 Å². The van der Waals surface area contributed by atoms with Gasteiger partial charge in [0.2, 0.25) is 0 Å². The molecule has 138 valence electrons. The molecule has 5 heteroatoms. The van der Waals surface area contributed by atoms with Crippen LogP contribution >= 0.6 is 0 Å². The Morgan fingerprint density at radius 2 is 1.85 bits per heavy atom. The van der Waals surface area contributed by atoms with Gasteiger partial charge in [0.1, 0.15) is 5.75 Å². The number of likely N-dealkylation sites (tertiary alicyclic amines) is 2. The summed E-state index contributed by atoms with van der Waals surface area (Å²) in [5, 5.41) is 0. The molecule has 0 saturated carbocycles. The highest BCUT2D eigenvalue weighted by Crippen LogP contribution is 2.24. The minimum absolute atomic E-state index is 0.0526. The fourth-order valence-corrected chi connectivity index (χ4v) is 3.64. The molecule has 0 bridgehead atoms. The van der Waals surface area contributed by atoms with Crippen LogP contribution in [0.4, 0.5) is 0 Å². The Hall–Kier alpha value is -2.48. The Morgan fingerprint density at radius 3 is 2.62 bits per heavy atom. The molecule has 2 fully saturated rings. The van der Waals surface area contributed by atoms with Crippen LogP contribution in [-0.4, -0.2) is 54.4 Å². The van der Waals surface area contributed by atoms with Crippen LogP contribution in [0, 0.1) is 17.8 Å². The average Bonchev–Trinajstić information content (AvgIpc) is 3.21. The van der Waals surface area contributed by atoms with Gasteiger partial charge in [0.05, 0.1) is 12.2 Å². The van der Waals surface area contributed by atoms with E-state index in [1.165, 1.54) is 0 Å². The van der Waals surface area contributed by atoms with Crippen LogP contribution in [-0.2, 0) is 4.79 Å². The number of hydrogen-bond donors (Lipinski definition) is 0. The van der Waals surface area contributed by atoms with Gasteiger partial charge in [-0.2, -0.15) is 0 Å². The molecule has 26 heavy (non-hydrogen) atoms. The number of ether oxygens (including phenoxy) is 1. The van der Waals surface area contributed by atoms with E-state index in [1.54, 1.807) is 11.8 Å². The summed E-state index contributed by atoms with van der Waals surface area (Å²) in [5.41, 5.74) is 0.634. The first-order valence-corrected chi connectivity index (χ1v) is 9.42. The summed E-state index contributed by atoms with van der Waals surface area (Å²) in [6.45, 7) is 5.25. The lowest BCUT2D eigenvalue weighted by Gasteiger charge is -2.31. The Bertz CT molecular complexity index is 713. The van der Waals surface area contributed by atoms with Crippen LogP contribution in [0.2, 0.25) is 0 Å². The number of nitrogens with zero attached hydrogens (tertiary/aromatic N) is 2. The van der Waals surface area contributed by atoms with Gasteiger partial charge in [0.15, 0.2) is 0 Å². The third-order valence-corrected chi connectivity index (χ3v) is 5.02. The van der Waals surface area contributed by atoms with Crippen molar-refractivity contribution in [1.29, 1.82) is 0 Å². The van der Waals surface area contributed by atoms with Crippen molar-refractivity contribution in [2.45, 2.75) is 32.6 Å². The molecule has 1 unspecified atom stereocenters. The average molecular weight is 354 g/mol. The Kier molecular flexibility index (Phi) is 6.17. The van der Waals surface area contributed by atoms with Gasteiger partial charge in [-0.3, -0.25) is 9.59 Å². The van der Waals surface area contributed by atoms with Crippen LogP contribution in [0.25, 0.3) is 0 Å². The first-order chi connectivity index (χ1) is 12.7. The highest BCUT2D eigenvalue weighted by atomic mass is 16.5. The Balaban J connectivity index is 1.61. The van der Waals surface area contributed by atoms with Crippen molar-refractivity contribution in [2.24, 2.45) is 5.92 Å². The second-order valence-corrected chi connectivity index (χ2v) is 6.94. The molecule has 2 heterocycles. The van der Waals surface area contributed by atoms with E-state index in [0.29, 0.717) is 24.5 Å². The van der Waals surface area contributed by atoms with Crippen LogP contribution in [0.15, 0.2) is 24.3 Å². The number of benzene rings is 1. The molecule has 2 aliphatic rings. The largest absolute Gasteiger partial charge is 0.492 e. The van der Waals surface area contributed by atoms with E-state index in [-0.39, 0.29) is 17.7 Å². The quantitative estimate of drug-likeness (QED) is 0.781. The molecule has 0 spiro atoms. The molecule has 2 aliphatic heterocycles. The summed E-state index contributed by atoms with van der Waals surface area (Å²) in [5.74, 6) is 6.13. The highest BCUT2D eigenvalue weighted by Gasteiger charge is 2.25. The van der Waals surface area contributed by atoms with Crippen LogP contribution in [0.5, 0.6) is 5.75 Å². The van der Waals surface area contributed by atoms with Crippen molar-refractivity contribution in [3.05, 3.63) is 29.8 Å². The number of carbonyl (C=O) groups is 2. The molecule has 1 atom stereocenters. The van der Waals surface area contributed by atoms with E-state index < -0.39 is 0 Å². The predicted octanol–water partition coefficient (Wildman–Crippen LogP) is 2.56. The zero-order valence-corrected chi connectivity index (χ0v) is 15.4. The second kappa shape index (κ2) is 8.75. The smallest absolute Gasteiger partial charge is 0.298 e. The zero-order chi connectivity index (χ0) is 18.4. The molecule has 5 nitrogen and oxygen atoms in total. The lowest BCUT2D eigenvalue weighted by Crippen LogP contribution is -2.41. The minimum atomic E-state index is -0.109. The number of carbonyl (C=O) groups excluding carboxylic acids is 2. The van der Waals surface area contributed by atoms with Gasteiger partial charge in [-0.25, -0.2) is 0 Å². The maximum absolute atomic E-state index is 12.7. The molecule has 2 saturated heterocycles. The van der Waals surface area contributed by atoms with Gasteiger partial charge in [0.25, 0.3) is 11.8 Å². The van der Waals surface area contributed by atoms with E-state index in [2.05, 4.69) is 11.8 Å². The van der Waals surface area contributed by atoms with Crippen molar-refractivity contribution in [3.8, 4) is 17.6 Å². The molecule has 0 aliphatic carbocycles. The van der Waals surface area contributed by atoms with E-state index in [0.717, 1.165) is 45.3 Å².